The molecule has 33 heavy (non-hydrogen) atoms. The predicted molar refractivity (Wildman–Crippen MR) is 130 cm³/mol. The first-order valence-electron chi connectivity index (χ1n) is 11.5. The van der Waals surface area contributed by atoms with Gasteiger partial charge in [0.2, 0.25) is 5.91 Å². The quantitative estimate of drug-likeness (QED) is 0.503. The number of hydrogen-bond acceptors (Lipinski definition) is 6. The summed E-state index contributed by atoms with van der Waals surface area (Å²) in [6, 6.07) is 4.20. The van der Waals surface area contributed by atoms with Crippen molar-refractivity contribution in [3.63, 3.8) is 0 Å². The number of rotatable bonds is 3. The summed E-state index contributed by atoms with van der Waals surface area (Å²) >= 11 is 0. The van der Waals surface area contributed by atoms with Crippen molar-refractivity contribution < 1.29 is 13.2 Å². The molecule has 178 valence electrons. The minimum absolute atomic E-state index is 0.365. The molecule has 0 saturated carbocycles. The second kappa shape index (κ2) is 10.5. The standard InChI is InChI=1S/C23H29N5O.H3NO2S/c1-16-3-2-10-28(15-16)21(29)13-17-6-11-27(12-7-17)20-5-9-24-19-14-26-23-18(22(19)20)4-8-25-23;1-4(2)3/h4-5,8-9,14,16-17H,2-3,6-7,10-13,15H2,1H3,(H,25,26);4H,(H2,1,2,3). The van der Waals surface area contributed by atoms with Gasteiger partial charge in [-0.1, -0.05) is 6.92 Å². The van der Waals surface area contributed by atoms with E-state index in [1.54, 1.807) is 0 Å². The Bertz CT molecular complexity index is 1180. The van der Waals surface area contributed by atoms with Gasteiger partial charge in [0.25, 0.3) is 0 Å². The van der Waals surface area contributed by atoms with Crippen molar-refractivity contribution >= 4 is 44.4 Å². The summed E-state index contributed by atoms with van der Waals surface area (Å²) in [6.07, 6.45) is 10.9. The summed E-state index contributed by atoms with van der Waals surface area (Å²) in [4.78, 5) is 29.5. The highest BCUT2D eigenvalue weighted by Crippen LogP contribution is 2.34. The Hall–Kier alpha value is -2.72. The summed E-state index contributed by atoms with van der Waals surface area (Å²) in [5, 5.41) is 6.37. The Morgan fingerprint density at radius 3 is 2.67 bits per heavy atom. The number of carbonyl (C=O) groups excluding carboxylic acids is 1. The average Bonchev–Trinajstić information content (AvgIpc) is 3.28. The van der Waals surface area contributed by atoms with E-state index in [1.807, 2.05) is 18.6 Å². The number of thiol groups is 1. The monoisotopic (exact) mass is 472 g/mol. The number of nitrogens with zero attached hydrogens (tertiary/aromatic N) is 4. The first kappa shape index (κ1) is 23.4. The second-order valence-electron chi connectivity index (χ2n) is 9.10. The molecule has 2 aliphatic heterocycles. The Balaban J connectivity index is 0.000000601. The summed E-state index contributed by atoms with van der Waals surface area (Å²) in [5.74, 6) is 1.51. The van der Waals surface area contributed by atoms with Gasteiger partial charge in [-0.15, -0.1) is 0 Å². The van der Waals surface area contributed by atoms with Gasteiger partial charge in [-0.25, -0.2) is 18.5 Å². The second-order valence-corrected chi connectivity index (χ2v) is 9.67. The van der Waals surface area contributed by atoms with Gasteiger partial charge >= 0.3 is 0 Å². The molecule has 10 heteroatoms. The molecule has 2 aliphatic rings. The van der Waals surface area contributed by atoms with Gasteiger partial charge in [0.05, 0.1) is 11.7 Å². The van der Waals surface area contributed by atoms with E-state index in [1.165, 1.54) is 17.5 Å². The zero-order chi connectivity index (χ0) is 23.4. The summed E-state index contributed by atoms with van der Waals surface area (Å²) in [7, 11) is -2.62. The van der Waals surface area contributed by atoms with E-state index in [2.05, 4.69) is 48.9 Å². The molecule has 0 aromatic carbocycles. The van der Waals surface area contributed by atoms with E-state index in [0.29, 0.717) is 24.2 Å². The van der Waals surface area contributed by atoms with Crippen LogP contribution in [0.4, 0.5) is 5.69 Å². The Kier molecular flexibility index (Phi) is 7.44. The lowest BCUT2D eigenvalue weighted by molar-refractivity contribution is -0.134. The Morgan fingerprint density at radius 1 is 1.18 bits per heavy atom. The first-order valence-corrected chi connectivity index (χ1v) is 12.8. The summed E-state index contributed by atoms with van der Waals surface area (Å²) in [5.41, 5.74) is 3.07. The number of fused-ring (bicyclic) bond motifs is 3. The number of nitrogens with two attached hydrogens (primary N) is 1. The molecule has 9 nitrogen and oxygen atoms in total. The van der Waals surface area contributed by atoms with Gasteiger partial charge in [0.15, 0.2) is 10.9 Å². The molecule has 5 rings (SSSR count). The minimum atomic E-state index is -2.62. The van der Waals surface area contributed by atoms with Crippen LogP contribution in [0.1, 0.15) is 39.0 Å². The van der Waals surface area contributed by atoms with Crippen LogP contribution < -0.4 is 10.0 Å². The highest BCUT2D eigenvalue weighted by atomic mass is 32.2. The molecule has 2 fully saturated rings. The number of pyridine rings is 2. The molecule has 5 heterocycles. The topological polar surface area (TPSA) is 125 Å². The van der Waals surface area contributed by atoms with Crippen LogP contribution in [0, 0.1) is 11.8 Å². The van der Waals surface area contributed by atoms with Gasteiger partial charge in [-0.05, 0) is 49.7 Å². The van der Waals surface area contributed by atoms with Crippen LogP contribution in [0.5, 0.6) is 0 Å². The van der Waals surface area contributed by atoms with E-state index in [-0.39, 0.29) is 0 Å². The number of nitrogens with one attached hydrogen (secondary N) is 1. The molecule has 1 amide bonds. The molecule has 0 aliphatic carbocycles. The van der Waals surface area contributed by atoms with E-state index >= 15 is 0 Å². The molecule has 3 N–H and O–H groups in total. The number of aromatic nitrogens is 3. The third kappa shape index (κ3) is 5.62. The number of H-pyrrole nitrogens is 1. The highest BCUT2D eigenvalue weighted by Gasteiger charge is 2.27. The lowest BCUT2D eigenvalue weighted by atomic mass is 9.91. The molecule has 0 spiro atoms. The predicted octanol–water partition coefficient (Wildman–Crippen LogP) is 2.45. The molecule has 1 atom stereocenters. The van der Waals surface area contributed by atoms with Gasteiger partial charge < -0.3 is 14.8 Å². The number of hydrogen-bond donors (Lipinski definition) is 3. The van der Waals surface area contributed by atoms with Crippen LogP contribution in [-0.2, 0) is 15.7 Å². The zero-order valence-electron chi connectivity index (χ0n) is 18.9. The Morgan fingerprint density at radius 2 is 1.94 bits per heavy atom. The third-order valence-electron chi connectivity index (χ3n) is 6.70. The molecule has 0 bridgehead atoms. The minimum Gasteiger partial charge on any atom is -0.371 e. The third-order valence-corrected chi connectivity index (χ3v) is 6.70. The van der Waals surface area contributed by atoms with Crippen LogP contribution in [0.2, 0.25) is 0 Å². The van der Waals surface area contributed by atoms with Crippen LogP contribution >= 0.6 is 0 Å². The molecule has 3 aromatic heterocycles. The summed E-state index contributed by atoms with van der Waals surface area (Å²) in [6.45, 7) is 6.13. The fraction of sp³-hybridized carbons (Fsp3) is 0.522. The maximum Gasteiger partial charge on any atom is 0.222 e. The maximum absolute atomic E-state index is 12.7. The Labute approximate surface area is 195 Å². The van der Waals surface area contributed by atoms with E-state index in [9.17, 15) is 4.79 Å². The fourth-order valence-corrected chi connectivity index (χ4v) is 5.07. The van der Waals surface area contributed by atoms with Crippen LogP contribution in [0.25, 0.3) is 21.9 Å². The van der Waals surface area contributed by atoms with Gasteiger partial charge in [-0.2, -0.15) is 0 Å². The van der Waals surface area contributed by atoms with Crippen molar-refractivity contribution in [1.29, 1.82) is 0 Å². The number of piperidine rings is 2. The van der Waals surface area contributed by atoms with Gasteiger partial charge in [0.1, 0.15) is 5.65 Å². The van der Waals surface area contributed by atoms with Crippen LogP contribution in [0.15, 0.2) is 30.7 Å². The largest absolute Gasteiger partial charge is 0.371 e. The normalized spacial score (nSPS) is 19.7. The molecule has 2 saturated heterocycles. The fourth-order valence-electron chi connectivity index (χ4n) is 5.07. The van der Waals surface area contributed by atoms with Crippen molar-refractivity contribution in [3.8, 4) is 0 Å². The lowest BCUT2D eigenvalue weighted by Crippen LogP contribution is -2.41. The van der Waals surface area contributed by atoms with E-state index in [4.69, 9.17) is 8.42 Å². The van der Waals surface area contributed by atoms with Crippen molar-refractivity contribution in [3.05, 3.63) is 30.7 Å². The maximum atomic E-state index is 12.7. The van der Waals surface area contributed by atoms with Gasteiger partial charge in [-0.3, -0.25) is 9.78 Å². The molecule has 3 aromatic rings. The van der Waals surface area contributed by atoms with Gasteiger partial charge in [0, 0.05) is 61.5 Å². The molecular formula is C23H32N6O3S. The smallest absolute Gasteiger partial charge is 0.222 e. The molecule has 1 unspecified atom stereocenters. The number of likely N-dealkylation sites (tertiary alicyclic amines) is 1. The van der Waals surface area contributed by atoms with Crippen LogP contribution in [-0.4, -0.2) is 60.4 Å². The van der Waals surface area contributed by atoms with Crippen molar-refractivity contribution in [2.45, 2.75) is 39.0 Å². The van der Waals surface area contributed by atoms with E-state index < -0.39 is 10.9 Å². The number of amides is 1. The average molecular weight is 473 g/mol. The number of aromatic amines is 1. The highest BCUT2D eigenvalue weighted by molar-refractivity contribution is 7.69. The number of carbonyl (C=O) groups is 1. The molecule has 0 radical (unpaired) electrons. The molecular weight excluding hydrogens is 440 g/mol. The zero-order valence-corrected chi connectivity index (χ0v) is 19.8. The van der Waals surface area contributed by atoms with Crippen LogP contribution in [0.3, 0.4) is 0 Å². The van der Waals surface area contributed by atoms with Crippen molar-refractivity contribution in [1.82, 2.24) is 19.9 Å². The SMILES string of the molecule is CC1CCCN(C(=O)CC2CCN(c3ccnc4cnc5[nH]ccc5c34)CC2)C1.N[SH](=O)=O. The lowest BCUT2D eigenvalue weighted by Gasteiger charge is -2.36. The van der Waals surface area contributed by atoms with E-state index in [0.717, 1.165) is 62.0 Å². The van der Waals surface area contributed by atoms with Crippen molar-refractivity contribution in [2.75, 3.05) is 31.1 Å². The first-order chi connectivity index (χ1) is 15.9. The van der Waals surface area contributed by atoms with Crippen molar-refractivity contribution in [2.24, 2.45) is 17.0 Å². The summed E-state index contributed by atoms with van der Waals surface area (Å²) < 4.78 is 17.6. The number of anilines is 1.